The summed E-state index contributed by atoms with van der Waals surface area (Å²) in [7, 11) is 0. The number of benzene rings is 2. The highest BCUT2D eigenvalue weighted by Gasteiger charge is 2.14. The molecule has 1 heterocycles. The highest BCUT2D eigenvalue weighted by Crippen LogP contribution is 2.08. The fourth-order valence-electron chi connectivity index (χ4n) is 2.90. The van der Waals surface area contributed by atoms with Gasteiger partial charge in [0.15, 0.2) is 0 Å². The Kier molecular flexibility index (Phi) is 5.73. The molecule has 0 N–H and O–H groups in total. The second-order valence-electron chi connectivity index (χ2n) is 6.19. The standard InChI is InChI=1S/C20H22N4O2/c1-2-13-23(15-16-8-4-3-5-9-16)19(25)12-14-24-20(26)17-10-6-7-11-18(17)21-22-24/h3-11H,2,12-15H2,1H3. The number of aromatic nitrogens is 3. The summed E-state index contributed by atoms with van der Waals surface area (Å²) in [6, 6.07) is 17.0. The molecule has 0 spiro atoms. The van der Waals surface area contributed by atoms with Gasteiger partial charge in [0, 0.05) is 19.5 Å². The third-order valence-corrected chi connectivity index (χ3v) is 4.23. The van der Waals surface area contributed by atoms with Gasteiger partial charge in [-0.05, 0) is 24.1 Å². The van der Waals surface area contributed by atoms with E-state index < -0.39 is 0 Å². The van der Waals surface area contributed by atoms with E-state index in [1.165, 1.54) is 4.68 Å². The Morgan fingerprint density at radius 3 is 2.58 bits per heavy atom. The van der Waals surface area contributed by atoms with Crippen molar-refractivity contribution in [3.8, 4) is 0 Å². The van der Waals surface area contributed by atoms with Crippen molar-refractivity contribution in [2.45, 2.75) is 32.9 Å². The van der Waals surface area contributed by atoms with E-state index >= 15 is 0 Å². The lowest BCUT2D eigenvalue weighted by molar-refractivity contribution is -0.132. The maximum atomic E-state index is 12.6. The molecular weight excluding hydrogens is 328 g/mol. The maximum Gasteiger partial charge on any atom is 0.277 e. The Balaban J connectivity index is 1.70. The molecule has 0 aliphatic rings. The van der Waals surface area contributed by atoms with Crippen LogP contribution < -0.4 is 5.56 Å². The van der Waals surface area contributed by atoms with E-state index in [-0.39, 0.29) is 24.4 Å². The lowest BCUT2D eigenvalue weighted by Gasteiger charge is -2.22. The number of carbonyl (C=O) groups excluding carboxylic acids is 1. The van der Waals surface area contributed by atoms with E-state index in [1.807, 2.05) is 48.2 Å². The van der Waals surface area contributed by atoms with Crippen LogP contribution in [0.3, 0.4) is 0 Å². The van der Waals surface area contributed by atoms with Crippen LogP contribution in [0.1, 0.15) is 25.3 Å². The molecule has 3 rings (SSSR count). The van der Waals surface area contributed by atoms with Gasteiger partial charge >= 0.3 is 0 Å². The van der Waals surface area contributed by atoms with E-state index in [2.05, 4.69) is 10.3 Å². The minimum atomic E-state index is -0.214. The molecule has 26 heavy (non-hydrogen) atoms. The van der Waals surface area contributed by atoms with E-state index in [9.17, 15) is 9.59 Å². The Morgan fingerprint density at radius 1 is 1.08 bits per heavy atom. The van der Waals surface area contributed by atoms with Crippen molar-refractivity contribution in [1.29, 1.82) is 0 Å². The third kappa shape index (κ3) is 4.14. The number of fused-ring (bicyclic) bond motifs is 1. The van der Waals surface area contributed by atoms with Crippen molar-refractivity contribution in [2.75, 3.05) is 6.54 Å². The summed E-state index contributed by atoms with van der Waals surface area (Å²) in [6.45, 7) is 3.53. The summed E-state index contributed by atoms with van der Waals surface area (Å²) in [5.41, 5.74) is 1.45. The Hall–Kier alpha value is -3.02. The molecule has 0 saturated carbocycles. The molecule has 0 radical (unpaired) electrons. The molecular formula is C20H22N4O2. The number of hydrogen-bond donors (Lipinski definition) is 0. The first-order valence-electron chi connectivity index (χ1n) is 8.83. The topological polar surface area (TPSA) is 68.1 Å². The number of rotatable bonds is 7. The van der Waals surface area contributed by atoms with Crippen LogP contribution in [0.2, 0.25) is 0 Å². The summed E-state index contributed by atoms with van der Waals surface area (Å²) in [4.78, 5) is 26.9. The minimum absolute atomic E-state index is 0.0116. The zero-order valence-corrected chi connectivity index (χ0v) is 14.8. The van der Waals surface area contributed by atoms with Crippen LogP contribution in [0, 0.1) is 0 Å². The first-order chi connectivity index (χ1) is 12.7. The van der Waals surface area contributed by atoms with Crippen LogP contribution in [0.15, 0.2) is 59.4 Å². The first-order valence-corrected chi connectivity index (χ1v) is 8.83. The molecule has 0 aliphatic carbocycles. The van der Waals surface area contributed by atoms with Crippen LogP contribution in [0.25, 0.3) is 10.9 Å². The molecule has 2 aromatic carbocycles. The second-order valence-corrected chi connectivity index (χ2v) is 6.19. The van der Waals surface area contributed by atoms with Crippen molar-refractivity contribution in [2.24, 2.45) is 0 Å². The lowest BCUT2D eigenvalue weighted by atomic mass is 10.2. The largest absolute Gasteiger partial charge is 0.338 e. The van der Waals surface area contributed by atoms with Crippen LogP contribution in [-0.2, 0) is 17.9 Å². The van der Waals surface area contributed by atoms with Gasteiger partial charge in [0.25, 0.3) is 5.56 Å². The lowest BCUT2D eigenvalue weighted by Crippen LogP contribution is -2.33. The van der Waals surface area contributed by atoms with Crippen molar-refractivity contribution >= 4 is 16.8 Å². The number of amides is 1. The molecule has 0 unspecified atom stereocenters. The molecule has 0 atom stereocenters. The molecule has 134 valence electrons. The fourth-order valence-corrected chi connectivity index (χ4v) is 2.90. The third-order valence-electron chi connectivity index (χ3n) is 4.23. The zero-order chi connectivity index (χ0) is 18.4. The number of hydrogen-bond acceptors (Lipinski definition) is 4. The smallest absolute Gasteiger partial charge is 0.277 e. The molecule has 6 nitrogen and oxygen atoms in total. The van der Waals surface area contributed by atoms with Crippen molar-refractivity contribution < 1.29 is 4.79 Å². The number of nitrogens with zero attached hydrogens (tertiary/aromatic N) is 4. The van der Waals surface area contributed by atoms with Gasteiger partial charge in [0.2, 0.25) is 5.91 Å². The van der Waals surface area contributed by atoms with Crippen molar-refractivity contribution in [3.63, 3.8) is 0 Å². The number of aryl methyl sites for hydroxylation is 1. The second kappa shape index (κ2) is 8.38. The van der Waals surface area contributed by atoms with Crippen LogP contribution in [0.5, 0.6) is 0 Å². The van der Waals surface area contributed by atoms with Crippen LogP contribution >= 0.6 is 0 Å². The van der Waals surface area contributed by atoms with Gasteiger partial charge in [0.05, 0.1) is 11.9 Å². The van der Waals surface area contributed by atoms with Crippen molar-refractivity contribution in [1.82, 2.24) is 19.9 Å². The Morgan fingerprint density at radius 2 is 1.81 bits per heavy atom. The molecule has 6 heteroatoms. The SMILES string of the molecule is CCCN(Cc1ccccc1)C(=O)CCn1nnc2ccccc2c1=O. The van der Waals surface area contributed by atoms with Gasteiger partial charge in [-0.25, -0.2) is 4.68 Å². The minimum Gasteiger partial charge on any atom is -0.338 e. The Bertz CT molecular complexity index is 937. The van der Waals surface area contributed by atoms with Gasteiger partial charge in [-0.15, -0.1) is 5.10 Å². The quantitative estimate of drug-likeness (QED) is 0.657. The van der Waals surface area contributed by atoms with E-state index in [0.29, 0.717) is 24.0 Å². The van der Waals surface area contributed by atoms with Gasteiger partial charge in [0.1, 0.15) is 5.52 Å². The predicted octanol–water partition coefficient (Wildman–Crippen LogP) is 2.62. The zero-order valence-electron chi connectivity index (χ0n) is 14.8. The summed E-state index contributed by atoms with van der Waals surface area (Å²) in [5.74, 6) is 0.0116. The monoisotopic (exact) mass is 350 g/mol. The molecule has 0 aliphatic heterocycles. The van der Waals surface area contributed by atoms with E-state index in [4.69, 9.17) is 0 Å². The molecule has 0 bridgehead atoms. The van der Waals surface area contributed by atoms with Gasteiger partial charge < -0.3 is 4.90 Å². The average molecular weight is 350 g/mol. The molecule has 1 aromatic heterocycles. The van der Waals surface area contributed by atoms with Gasteiger partial charge in [-0.1, -0.05) is 54.6 Å². The van der Waals surface area contributed by atoms with Gasteiger partial charge in [-0.3, -0.25) is 9.59 Å². The fraction of sp³-hybridized carbons (Fsp3) is 0.300. The highest BCUT2D eigenvalue weighted by molar-refractivity contribution is 5.77. The van der Waals surface area contributed by atoms with Crippen LogP contribution in [0.4, 0.5) is 0 Å². The van der Waals surface area contributed by atoms with Crippen LogP contribution in [-0.4, -0.2) is 32.3 Å². The maximum absolute atomic E-state index is 12.6. The Labute approximate surface area is 152 Å². The molecule has 0 saturated heterocycles. The average Bonchev–Trinajstić information content (AvgIpc) is 2.68. The first kappa shape index (κ1) is 17.8. The normalized spacial score (nSPS) is 10.8. The summed E-state index contributed by atoms with van der Waals surface area (Å²) >= 11 is 0. The van der Waals surface area contributed by atoms with Crippen molar-refractivity contribution in [3.05, 3.63) is 70.5 Å². The summed E-state index contributed by atoms with van der Waals surface area (Å²) in [5, 5.41) is 8.53. The summed E-state index contributed by atoms with van der Waals surface area (Å²) < 4.78 is 1.27. The molecule has 3 aromatic rings. The molecule has 1 amide bonds. The molecule has 0 fully saturated rings. The summed E-state index contributed by atoms with van der Waals surface area (Å²) in [6.07, 6.45) is 1.11. The predicted molar refractivity (Wildman–Crippen MR) is 101 cm³/mol. The number of carbonyl (C=O) groups is 1. The highest BCUT2D eigenvalue weighted by atomic mass is 16.2. The van der Waals surface area contributed by atoms with Gasteiger partial charge in [-0.2, -0.15) is 0 Å². The van der Waals surface area contributed by atoms with E-state index in [1.54, 1.807) is 18.2 Å². The van der Waals surface area contributed by atoms with E-state index in [0.717, 1.165) is 12.0 Å².